The van der Waals surface area contributed by atoms with Gasteiger partial charge in [0.2, 0.25) is 10.0 Å². The molecular formula is C17H17N3O3S2. The number of sulfonamides is 1. The molecular weight excluding hydrogens is 358 g/mol. The second kappa shape index (κ2) is 6.55. The van der Waals surface area contributed by atoms with Gasteiger partial charge >= 0.3 is 0 Å². The molecule has 0 saturated heterocycles. The minimum Gasteiger partial charge on any atom is -0.298 e. The highest BCUT2D eigenvalue weighted by Gasteiger charge is 2.18. The molecule has 0 unspecified atom stereocenters. The minimum absolute atomic E-state index is 0.143. The highest BCUT2D eigenvalue weighted by atomic mass is 32.2. The summed E-state index contributed by atoms with van der Waals surface area (Å²) >= 11 is 1.40. The molecule has 0 saturated carbocycles. The number of rotatable bonds is 4. The number of nitrogens with one attached hydrogen (secondary N) is 1. The van der Waals surface area contributed by atoms with E-state index in [4.69, 9.17) is 0 Å². The first-order chi connectivity index (χ1) is 11.8. The van der Waals surface area contributed by atoms with Crippen molar-refractivity contribution >= 4 is 42.6 Å². The van der Waals surface area contributed by atoms with Gasteiger partial charge in [0.15, 0.2) is 5.13 Å². The number of carbonyl (C=O) groups excluding carboxylic acids is 1. The van der Waals surface area contributed by atoms with Gasteiger partial charge in [-0.1, -0.05) is 17.4 Å². The van der Waals surface area contributed by atoms with Crippen molar-refractivity contribution in [3.63, 3.8) is 0 Å². The van der Waals surface area contributed by atoms with E-state index in [1.807, 2.05) is 25.1 Å². The van der Waals surface area contributed by atoms with Gasteiger partial charge in [0.25, 0.3) is 5.91 Å². The lowest BCUT2D eigenvalue weighted by atomic mass is 10.2. The monoisotopic (exact) mass is 375 g/mol. The van der Waals surface area contributed by atoms with E-state index in [-0.39, 0.29) is 10.8 Å². The largest absolute Gasteiger partial charge is 0.298 e. The Labute approximate surface area is 150 Å². The summed E-state index contributed by atoms with van der Waals surface area (Å²) in [5.74, 6) is -0.329. The first-order valence-electron chi connectivity index (χ1n) is 7.48. The maximum absolute atomic E-state index is 12.3. The van der Waals surface area contributed by atoms with Crippen LogP contribution >= 0.6 is 11.3 Å². The molecule has 3 rings (SSSR count). The summed E-state index contributed by atoms with van der Waals surface area (Å²) in [6.45, 7) is 2.00. The van der Waals surface area contributed by atoms with Crippen LogP contribution in [-0.2, 0) is 10.0 Å². The van der Waals surface area contributed by atoms with E-state index in [2.05, 4.69) is 10.3 Å². The Morgan fingerprint density at radius 1 is 1.12 bits per heavy atom. The molecule has 25 heavy (non-hydrogen) atoms. The van der Waals surface area contributed by atoms with Crippen molar-refractivity contribution in [2.24, 2.45) is 0 Å². The van der Waals surface area contributed by atoms with Gasteiger partial charge in [0.05, 0.1) is 15.1 Å². The molecule has 0 radical (unpaired) electrons. The lowest BCUT2D eigenvalue weighted by Gasteiger charge is -2.11. The molecule has 0 spiro atoms. The predicted octanol–water partition coefficient (Wildman–Crippen LogP) is 3.11. The van der Waals surface area contributed by atoms with Crippen molar-refractivity contribution in [3.8, 4) is 0 Å². The summed E-state index contributed by atoms with van der Waals surface area (Å²) < 4.78 is 26.2. The number of hydrogen-bond acceptors (Lipinski definition) is 5. The highest BCUT2D eigenvalue weighted by Crippen LogP contribution is 2.27. The van der Waals surface area contributed by atoms with Crippen LogP contribution in [0, 0.1) is 6.92 Å². The van der Waals surface area contributed by atoms with Crippen LogP contribution in [-0.4, -0.2) is 37.7 Å². The standard InChI is InChI=1S/C17H17N3O3S2/c1-11-4-9-14-15(10-11)24-17(18-14)19-16(21)12-5-7-13(8-6-12)25(22,23)20(2)3/h4-10H,1-3H3,(H,18,19,21). The Balaban J connectivity index is 1.81. The molecule has 1 heterocycles. The number of nitrogens with zero attached hydrogens (tertiary/aromatic N) is 2. The molecule has 0 bridgehead atoms. The number of aromatic nitrogens is 1. The van der Waals surface area contributed by atoms with Crippen LogP contribution in [0.1, 0.15) is 15.9 Å². The molecule has 0 aliphatic heterocycles. The first kappa shape index (κ1) is 17.5. The van der Waals surface area contributed by atoms with Crippen molar-refractivity contribution in [2.45, 2.75) is 11.8 Å². The van der Waals surface area contributed by atoms with Crippen LogP contribution in [0.4, 0.5) is 5.13 Å². The number of fused-ring (bicyclic) bond motifs is 1. The van der Waals surface area contributed by atoms with Gasteiger partial charge in [-0.2, -0.15) is 0 Å². The molecule has 2 aromatic carbocycles. The Morgan fingerprint density at radius 3 is 2.44 bits per heavy atom. The summed E-state index contributed by atoms with van der Waals surface area (Å²) in [6, 6.07) is 11.7. The lowest BCUT2D eigenvalue weighted by molar-refractivity contribution is 0.102. The maximum Gasteiger partial charge on any atom is 0.257 e. The third kappa shape index (κ3) is 3.55. The van der Waals surface area contributed by atoms with Crippen molar-refractivity contribution < 1.29 is 13.2 Å². The van der Waals surface area contributed by atoms with Gasteiger partial charge in [0.1, 0.15) is 0 Å². The third-order valence-corrected chi connectivity index (χ3v) is 6.42. The Morgan fingerprint density at radius 2 is 1.80 bits per heavy atom. The van der Waals surface area contributed by atoms with Gasteiger partial charge in [0, 0.05) is 19.7 Å². The zero-order valence-corrected chi connectivity index (χ0v) is 15.6. The highest BCUT2D eigenvalue weighted by molar-refractivity contribution is 7.89. The SMILES string of the molecule is Cc1ccc2nc(NC(=O)c3ccc(S(=O)(=O)N(C)C)cc3)sc2c1. The Hall–Kier alpha value is -2.29. The molecule has 0 atom stereocenters. The van der Waals surface area contributed by atoms with Gasteiger partial charge in [-0.3, -0.25) is 10.1 Å². The van der Waals surface area contributed by atoms with E-state index in [0.29, 0.717) is 10.7 Å². The molecule has 1 aromatic heterocycles. The molecule has 1 amide bonds. The number of carbonyl (C=O) groups is 1. The average Bonchev–Trinajstić information content (AvgIpc) is 2.96. The molecule has 1 N–H and O–H groups in total. The van der Waals surface area contributed by atoms with Crippen LogP contribution in [0.2, 0.25) is 0 Å². The van der Waals surface area contributed by atoms with Gasteiger partial charge in [-0.25, -0.2) is 17.7 Å². The fourth-order valence-electron chi connectivity index (χ4n) is 2.24. The van der Waals surface area contributed by atoms with Crippen LogP contribution in [0.3, 0.4) is 0 Å². The van der Waals surface area contributed by atoms with Crippen molar-refractivity contribution in [2.75, 3.05) is 19.4 Å². The molecule has 6 nitrogen and oxygen atoms in total. The van der Waals surface area contributed by atoms with Crippen LogP contribution in [0.25, 0.3) is 10.2 Å². The third-order valence-electron chi connectivity index (χ3n) is 3.66. The fraction of sp³-hybridized carbons (Fsp3) is 0.176. The van der Waals surface area contributed by atoms with Gasteiger partial charge in [-0.15, -0.1) is 0 Å². The number of anilines is 1. The molecule has 0 aliphatic rings. The van der Waals surface area contributed by atoms with E-state index in [9.17, 15) is 13.2 Å². The van der Waals surface area contributed by atoms with E-state index >= 15 is 0 Å². The van der Waals surface area contributed by atoms with E-state index in [1.54, 1.807) is 0 Å². The maximum atomic E-state index is 12.3. The van der Waals surface area contributed by atoms with Crippen molar-refractivity contribution in [1.82, 2.24) is 9.29 Å². The molecule has 0 fully saturated rings. The number of thiazole rings is 1. The van der Waals surface area contributed by atoms with Crippen molar-refractivity contribution in [1.29, 1.82) is 0 Å². The second-order valence-corrected chi connectivity index (χ2v) is 8.94. The summed E-state index contributed by atoms with van der Waals surface area (Å²) in [5, 5.41) is 3.27. The molecule has 3 aromatic rings. The zero-order chi connectivity index (χ0) is 18.2. The smallest absolute Gasteiger partial charge is 0.257 e. The number of amides is 1. The van der Waals surface area contributed by atoms with E-state index < -0.39 is 10.0 Å². The van der Waals surface area contributed by atoms with Gasteiger partial charge < -0.3 is 0 Å². The molecule has 0 aliphatic carbocycles. The molecule has 8 heteroatoms. The van der Waals surface area contributed by atoms with E-state index in [0.717, 1.165) is 20.1 Å². The fourth-order valence-corrected chi connectivity index (χ4v) is 4.10. The number of benzene rings is 2. The van der Waals surface area contributed by atoms with Crippen LogP contribution in [0.15, 0.2) is 47.4 Å². The molecule has 130 valence electrons. The topological polar surface area (TPSA) is 79.4 Å². The second-order valence-electron chi connectivity index (χ2n) is 5.76. The van der Waals surface area contributed by atoms with Crippen molar-refractivity contribution in [3.05, 3.63) is 53.6 Å². The Bertz CT molecular complexity index is 1040. The predicted molar refractivity (Wildman–Crippen MR) is 99.6 cm³/mol. The number of aryl methyl sites for hydroxylation is 1. The quantitative estimate of drug-likeness (QED) is 0.760. The summed E-state index contributed by atoms with van der Waals surface area (Å²) in [5.41, 5.74) is 2.33. The first-order valence-corrected chi connectivity index (χ1v) is 9.74. The van der Waals surface area contributed by atoms with E-state index in [1.165, 1.54) is 49.7 Å². The zero-order valence-electron chi connectivity index (χ0n) is 14.0. The average molecular weight is 375 g/mol. The van der Waals surface area contributed by atoms with Crippen LogP contribution in [0.5, 0.6) is 0 Å². The Kier molecular flexibility index (Phi) is 4.59. The lowest BCUT2D eigenvalue weighted by Crippen LogP contribution is -2.22. The minimum atomic E-state index is -3.51. The summed E-state index contributed by atoms with van der Waals surface area (Å²) in [6.07, 6.45) is 0. The summed E-state index contributed by atoms with van der Waals surface area (Å²) in [4.78, 5) is 16.9. The number of hydrogen-bond donors (Lipinski definition) is 1. The van der Waals surface area contributed by atoms with Gasteiger partial charge in [-0.05, 0) is 48.9 Å². The van der Waals surface area contributed by atoms with Crippen LogP contribution < -0.4 is 5.32 Å². The normalized spacial score (nSPS) is 11.8. The summed E-state index contributed by atoms with van der Waals surface area (Å²) in [7, 11) is -0.582.